The first-order valence-corrected chi connectivity index (χ1v) is 8.50. The van der Waals surface area contributed by atoms with Crippen LogP contribution in [0.5, 0.6) is 11.5 Å². The van der Waals surface area contributed by atoms with Crippen molar-refractivity contribution in [3.05, 3.63) is 46.9 Å². The third-order valence-corrected chi connectivity index (χ3v) is 4.25. The number of thioether (sulfide) groups is 1. The Labute approximate surface area is 138 Å². The minimum Gasteiger partial charge on any atom is -0.494 e. The van der Waals surface area contributed by atoms with Gasteiger partial charge in [-0.05, 0) is 49.4 Å². The molecule has 5 heteroatoms. The second-order valence-electron chi connectivity index (χ2n) is 4.28. The molecule has 0 aromatic heterocycles. The van der Waals surface area contributed by atoms with Crippen LogP contribution in [0.1, 0.15) is 6.92 Å². The highest BCUT2D eigenvalue weighted by Crippen LogP contribution is 2.28. The molecule has 0 heterocycles. The Morgan fingerprint density at radius 2 is 1.71 bits per heavy atom. The second kappa shape index (κ2) is 8.20. The van der Waals surface area contributed by atoms with E-state index in [1.54, 1.807) is 11.8 Å². The predicted molar refractivity (Wildman–Crippen MR) is 92.4 cm³/mol. The second-order valence-corrected chi connectivity index (χ2v) is 6.34. The lowest BCUT2D eigenvalue weighted by molar-refractivity contribution is 0.332. The minimum atomic E-state index is 0.630. The number of halogens is 1. The fourth-order valence-corrected chi connectivity index (χ4v) is 3.09. The topological polar surface area (TPSA) is 44.5 Å². The smallest absolute Gasteiger partial charge is 0.119 e. The molecule has 112 valence electrons. The Morgan fingerprint density at radius 3 is 2.38 bits per heavy atom. The Balaban J connectivity index is 1.77. The van der Waals surface area contributed by atoms with E-state index >= 15 is 0 Å². The number of nitrogens with two attached hydrogens (primary N) is 1. The monoisotopic (exact) mass is 367 g/mol. The Morgan fingerprint density at radius 1 is 1.05 bits per heavy atom. The van der Waals surface area contributed by atoms with Crippen molar-refractivity contribution in [3.8, 4) is 11.5 Å². The van der Waals surface area contributed by atoms with E-state index in [4.69, 9.17) is 15.2 Å². The van der Waals surface area contributed by atoms with Crippen molar-refractivity contribution in [1.29, 1.82) is 0 Å². The molecule has 0 unspecified atom stereocenters. The molecular formula is C16H18BrNO2S. The molecule has 3 nitrogen and oxygen atoms in total. The Kier molecular flexibility index (Phi) is 6.26. The normalized spacial score (nSPS) is 10.4. The van der Waals surface area contributed by atoms with Crippen LogP contribution in [0.3, 0.4) is 0 Å². The van der Waals surface area contributed by atoms with E-state index in [0.29, 0.717) is 13.2 Å². The highest BCUT2D eigenvalue weighted by atomic mass is 79.9. The largest absolute Gasteiger partial charge is 0.494 e. The third-order valence-electron chi connectivity index (χ3n) is 2.72. The van der Waals surface area contributed by atoms with Gasteiger partial charge in [0.25, 0.3) is 0 Å². The van der Waals surface area contributed by atoms with Gasteiger partial charge >= 0.3 is 0 Å². The highest BCUT2D eigenvalue weighted by molar-refractivity contribution is 9.10. The number of hydrogen-bond acceptors (Lipinski definition) is 4. The van der Waals surface area contributed by atoms with E-state index in [9.17, 15) is 0 Å². The van der Waals surface area contributed by atoms with E-state index < -0.39 is 0 Å². The summed E-state index contributed by atoms with van der Waals surface area (Å²) in [5.74, 6) is 2.55. The molecule has 21 heavy (non-hydrogen) atoms. The molecular weight excluding hydrogens is 350 g/mol. The van der Waals surface area contributed by atoms with Gasteiger partial charge in [-0.3, -0.25) is 0 Å². The number of nitrogen functional groups attached to an aromatic ring is 1. The van der Waals surface area contributed by atoms with E-state index in [1.165, 1.54) is 0 Å². The molecule has 0 amide bonds. The van der Waals surface area contributed by atoms with Crippen molar-refractivity contribution in [1.82, 2.24) is 0 Å². The Hall–Kier alpha value is -1.33. The average molecular weight is 368 g/mol. The molecule has 0 saturated heterocycles. The molecule has 2 aromatic rings. The summed E-state index contributed by atoms with van der Waals surface area (Å²) in [6.45, 7) is 3.27. The molecule has 0 atom stereocenters. The lowest BCUT2D eigenvalue weighted by Crippen LogP contribution is -2.01. The zero-order valence-corrected chi connectivity index (χ0v) is 14.2. The van der Waals surface area contributed by atoms with Crippen LogP contribution in [-0.2, 0) is 0 Å². The van der Waals surface area contributed by atoms with Gasteiger partial charge in [-0.1, -0.05) is 15.9 Å². The van der Waals surface area contributed by atoms with Crippen LogP contribution in [0.4, 0.5) is 5.69 Å². The molecule has 2 rings (SSSR count). The summed E-state index contributed by atoms with van der Waals surface area (Å²) in [4.78, 5) is 1.07. The summed E-state index contributed by atoms with van der Waals surface area (Å²) in [5, 5.41) is 0. The van der Waals surface area contributed by atoms with Crippen LogP contribution in [0.15, 0.2) is 51.8 Å². The third kappa shape index (κ3) is 5.17. The standard InChI is InChI=1S/C16H18BrNO2S/c1-2-19-13-4-6-14(7-5-13)20-9-10-21-16-11-12(17)3-8-15(16)18/h3-8,11H,2,9-10,18H2,1H3. The van der Waals surface area contributed by atoms with Gasteiger partial charge in [-0.15, -0.1) is 11.8 Å². The first-order chi connectivity index (χ1) is 10.2. The fraction of sp³-hybridized carbons (Fsp3) is 0.250. The van der Waals surface area contributed by atoms with Crippen LogP contribution >= 0.6 is 27.7 Å². The van der Waals surface area contributed by atoms with Crippen molar-refractivity contribution < 1.29 is 9.47 Å². The zero-order valence-electron chi connectivity index (χ0n) is 11.8. The van der Waals surface area contributed by atoms with Crippen molar-refractivity contribution >= 4 is 33.4 Å². The van der Waals surface area contributed by atoms with E-state index in [-0.39, 0.29) is 0 Å². The molecule has 0 fully saturated rings. The molecule has 0 saturated carbocycles. The lowest BCUT2D eigenvalue weighted by Gasteiger charge is -2.09. The molecule has 0 radical (unpaired) electrons. The fourth-order valence-electron chi connectivity index (χ4n) is 1.74. The maximum Gasteiger partial charge on any atom is 0.119 e. The zero-order chi connectivity index (χ0) is 15.1. The first kappa shape index (κ1) is 16.0. The van der Waals surface area contributed by atoms with Crippen LogP contribution in [-0.4, -0.2) is 19.0 Å². The van der Waals surface area contributed by atoms with E-state index in [2.05, 4.69) is 15.9 Å². The minimum absolute atomic E-state index is 0.630. The van der Waals surface area contributed by atoms with Crippen molar-refractivity contribution in [3.63, 3.8) is 0 Å². The van der Waals surface area contributed by atoms with E-state index in [0.717, 1.165) is 32.3 Å². The molecule has 2 aromatic carbocycles. The molecule has 0 aliphatic carbocycles. The Bertz CT molecular complexity index is 575. The van der Waals surface area contributed by atoms with Gasteiger partial charge in [0.2, 0.25) is 0 Å². The van der Waals surface area contributed by atoms with Gasteiger partial charge in [0.15, 0.2) is 0 Å². The molecule has 2 N–H and O–H groups in total. The summed E-state index contributed by atoms with van der Waals surface area (Å²) >= 11 is 5.14. The number of ether oxygens (including phenoxy) is 2. The summed E-state index contributed by atoms with van der Waals surface area (Å²) in [5.41, 5.74) is 6.73. The van der Waals surface area contributed by atoms with Gasteiger partial charge in [0, 0.05) is 20.8 Å². The summed E-state index contributed by atoms with van der Waals surface area (Å²) in [6, 6.07) is 13.5. The van der Waals surface area contributed by atoms with Gasteiger partial charge in [-0.2, -0.15) is 0 Å². The lowest BCUT2D eigenvalue weighted by atomic mass is 10.3. The summed E-state index contributed by atoms with van der Waals surface area (Å²) < 4.78 is 12.1. The molecule has 0 aliphatic heterocycles. The van der Waals surface area contributed by atoms with Crippen molar-refractivity contribution in [2.45, 2.75) is 11.8 Å². The maximum absolute atomic E-state index is 5.93. The van der Waals surface area contributed by atoms with Gasteiger partial charge < -0.3 is 15.2 Å². The van der Waals surface area contributed by atoms with Crippen molar-refractivity contribution in [2.75, 3.05) is 24.7 Å². The van der Waals surface area contributed by atoms with Crippen molar-refractivity contribution in [2.24, 2.45) is 0 Å². The molecule has 0 bridgehead atoms. The van der Waals surface area contributed by atoms with Crippen LogP contribution < -0.4 is 15.2 Å². The SMILES string of the molecule is CCOc1ccc(OCCSc2cc(Br)ccc2N)cc1. The average Bonchev–Trinajstić information content (AvgIpc) is 2.49. The number of benzene rings is 2. The number of hydrogen-bond donors (Lipinski definition) is 1. The maximum atomic E-state index is 5.93. The van der Waals surface area contributed by atoms with Gasteiger partial charge in [0.1, 0.15) is 11.5 Å². The molecule has 0 spiro atoms. The summed E-state index contributed by atoms with van der Waals surface area (Å²) in [7, 11) is 0. The summed E-state index contributed by atoms with van der Waals surface area (Å²) in [6.07, 6.45) is 0. The highest BCUT2D eigenvalue weighted by Gasteiger charge is 2.02. The van der Waals surface area contributed by atoms with Crippen LogP contribution in [0.2, 0.25) is 0 Å². The van der Waals surface area contributed by atoms with Gasteiger partial charge in [0.05, 0.1) is 13.2 Å². The van der Waals surface area contributed by atoms with Gasteiger partial charge in [-0.25, -0.2) is 0 Å². The molecule has 0 aliphatic rings. The first-order valence-electron chi connectivity index (χ1n) is 6.72. The van der Waals surface area contributed by atoms with Crippen LogP contribution in [0, 0.1) is 0 Å². The predicted octanol–water partition coefficient (Wildman–Crippen LogP) is 4.60. The van der Waals surface area contributed by atoms with Crippen LogP contribution in [0.25, 0.3) is 0 Å². The number of anilines is 1. The number of rotatable bonds is 7. The quantitative estimate of drug-likeness (QED) is 0.441. The van der Waals surface area contributed by atoms with E-state index in [1.807, 2.05) is 49.4 Å².